The predicted molar refractivity (Wildman–Crippen MR) is 97.5 cm³/mol. The average Bonchev–Trinajstić information content (AvgIpc) is 3.11. The molecule has 29 heavy (non-hydrogen) atoms. The molecule has 2 aromatic heterocycles. The Balaban J connectivity index is 1.81. The standard InChI is InChI=1S/C16H13ClF3N7O2/c1-27(2)13(28)8-4-3-7(5-10(8)17)23-15-22-6-9(11(21)24-15)12-25-14(26-29-12)16(18,19)20/h3-6H,1-2H3,(H3,21,22,23,24). The van der Waals surface area contributed by atoms with Crippen LogP contribution >= 0.6 is 11.6 Å². The Morgan fingerprint density at radius 2 is 2.00 bits per heavy atom. The van der Waals surface area contributed by atoms with Crippen molar-refractivity contribution in [2.75, 3.05) is 25.1 Å². The molecule has 9 nitrogen and oxygen atoms in total. The Bertz CT molecular complexity index is 1070. The van der Waals surface area contributed by atoms with Gasteiger partial charge in [-0.1, -0.05) is 16.8 Å². The summed E-state index contributed by atoms with van der Waals surface area (Å²) >= 11 is 6.14. The third kappa shape index (κ3) is 4.37. The van der Waals surface area contributed by atoms with Gasteiger partial charge in [-0.15, -0.1) is 0 Å². The molecule has 0 saturated heterocycles. The molecule has 0 aliphatic rings. The van der Waals surface area contributed by atoms with Crippen LogP contribution in [-0.4, -0.2) is 45.0 Å². The van der Waals surface area contributed by atoms with E-state index in [1.807, 2.05) is 0 Å². The fourth-order valence-corrected chi connectivity index (χ4v) is 2.47. The summed E-state index contributed by atoms with van der Waals surface area (Å²) in [4.78, 5) is 24.6. The van der Waals surface area contributed by atoms with Crippen LogP contribution in [0.25, 0.3) is 11.5 Å². The number of aromatic nitrogens is 4. The smallest absolute Gasteiger partial charge is 0.383 e. The maximum absolute atomic E-state index is 12.6. The van der Waals surface area contributed by atoms with Crippen LogP contribution in [0.4, 0.5) is 30.6 Å². The van der Waals surface area contributed by atoms with Crippen LogP contribution in [0.15, 0.2) is 28.9 Å². The predicted octanol–water partition coefficient (Wildman–Crippen LogP) is 3.23. The molecule has 0 bridgehead atoms. The molecule has 3 rings (SSSR count). The van der Waals surface area contributed by atoms with Crippen molar-refractivity contribution in [3.05, 3.63) is 40.8 Å². The lowest BCUT2D eigenvalue weighted by atomic mass is 10.2. The lowest BCUT2D eigenvalue weighted by Gasteiger charge is -2.13. The number of halogens is 4. The topological polar surface area (TPSA) is 123 Å². The molecule has 1 aromatic carbocycles. The zero-order valence-corrected chi connectivity index (χ0v) is 15.7. The molecule has 3 aromatic rings. The molecule has 0 radical (unpaired) electrons. The van der Waals surface area contributed by atoms with Crippen molar-refractivity contribution in [3.63, 3.8) is 0 Å². The van der Waals surface area contributed by atoms with Gasteiger partial charge in [-0.25, -0.2) is 4.98 Å². The zero-order valence-electron chi connectivity index (χ0n) is 15.0. The number of nitrogens with zero attached hydrogens (tertiary/aromatic N) is 5. The minimum atomic E-state index is -4.75. The number of nitrogen functional groups attached to an aromatic ring is 1. The first-order chi connectivity index (χ1) is 13.6. The number of benzene rings is 1. The van der Waals surface area contributed by atoms with E-state index in [9.17, 15) is 18.0 Å². The van der Waals surface area contributed by atoms with Gasteiger partial charge in [0.25, 0.3) is 17.6 Å². The summed E-state index contributed by atoms with van der Waals surface area (Å²) in [5.41, 5.74) is 6.51. The fourth-order valence-electron chi connectivity index (χ4n) is 2.20. The molecule has 0 saturated carbocycles. The molecule has 0 aliphatic heterocycles. The zero-order chi connectivity index (χ0) is 21.3. The van der Waals surface area contributed by atoms with E-state index in [0.29, 0.717) is 11.3 Å². The Hall–Kier alpha value is -3.41. The van der Waals surface area contributed by atoms with Gasteiger partial charge in [0.05, 0.1) is 10.6 Å². The highest BCUT2D eigenvalue weighted by Gasteiger charge is 2.37. The third-order valence-corrected chi connectivity index (χ3v) is 3.90. The van der Waals surface area contributed by atoms with Crippen molar-refractivity contribution in [2.24, 2.45) is 0 Å². The van der Waals surface area contributed by atoms with Gasteiger partial charge in [-0.2, -0.15) is 23.1 Å². The first-order valence-electron chi connectivity index (χ1n) is 7.88. The van der Waals surface area contributed by atoms with Crippen molar-refractivity contribution < 1.29 is 22.5 Å². The quantitative estimate of drug-likeness (QED) is 0.650. The normalized spacial score (nSPS) is 11.4. The Labute approximate surface area is 166 Å². The maximum atomic E-state index is 12.6. The van der Waals surface area contributed by atoms with E-state index in [1.54, 1.807) is 20.2 Å². The van der Waals surface area contributed by atoms with Gasteiger partial charge < -0.3 is 20.5 Å². The summed E-state index contributed by atoms with van der Waals surface area (Å²) in [5.74, 6) is -2.29. The van der Waals surface area contributed by atoms with Gasteiger partial charge in [0.15, 0.2) is 0 Å². The molecular weight excluding hydrogens is 415 g/mol. The number of anilines is 3. The van der Waals surface area contributed by atoms with Crippen LogP contribution in [0, 0.1) is 0 Å². The second kappa shape index (κ2) is 7.54. The summed E-state index contributed by atoms with van der Waals surface area (Å²) in [6, 6.07) is 4.62. The third-order valence-electron chi connectivity index (χ3n) is 3.59. The van der Waals surface area contributed by atoms with E-state index in [4.69, 9.17) is 17.3 Å². The van der Waals surface area contributed by atoms with Gasteiger partial charge in [-0.05, 0) is 18.2 Å². The van der Waals surface area contributed by atoms with E-state index >= 15 is 0 Å². The average molecular weight is 428 g/mol. The summed E-state index contributed by atoms with van der Waals surface area (Å²) < 4.78 is 42.3. The highest BCUT2D eigenvalue weighted by atomic mass is 35.5. The van der Waals surface area contributed by atoms with Crippen molar-refractivity contribution in [1.82, 2.24) is 25.0 Å². The molecule has 0 fully saturated rings. The molecule has 13 heteroatoms. The van der Waals surface area contributed by atoms with Crippen molar-refractivity contribution >= 4 is 35.0 Å². The van der Waals surface area contributed by atoms with Crippen molar-refractivity contribution in [1.29, 1.82) is 0 Å². The number of hydrogen-bond donors (Lipinski definition) is 2. The monoisotopic (exact) mass is 427 g/mol. The van der Waals surface area contributed by atoms with Crippen LogP contribution in [0.3, 0.4) is 0 Å². The van der Waals surface area contributed by atoms with Gasteiger partial charge in [0, 0.05) is 26.0 Å². The first-order valence-corrected chi connectivity index (χ1v) is 8.26. The molecule has 0 unspecified atom stereocenters. The molecule has 0 spiro atoms. The number of carbonyl (C=O) groups excluding carboxylic acids is 1. The van der Waals surface area contributed by atoms with Crippen LogP contribution < -0.4 is 11.1 Å². The number of amides is 1. The minimum absolute atomic E-state index is 0.0459. The number of nitrogens with one attached hydrogen (secondary N) is 1. The van der Waals surface area contributed by atoms with E-state index < -0.39 is 17.9 Å². The van der Waals surface area contributed by atoms with E-state index in [2.05, 4.69) is 29.9 Å². The van der Waals surface area contributed by atoms with Gasteiger partial charge in [-0.3, -0.25) is 4.79 Å². The van der Waals surface area contributed by atoms with E-state index in [1.165, 1.54) is 17.0 Å². The SMILES string of the molecule is CN(C)C(=O)c1ccc(Nc2ncc(-c3nc(C(F)(F)F)no3)c(N)n2)cc1Cl. The Kier molecular flexibility index (Phi) is 5.29. The largest absolute Gasteiger partial charge is 0.455 e. The number of rotatable bonds is 4. The van der Waals surface area contributed by atoms with Crippen LogP contribution in [0.5, 0.6) is 0 Å². The van der Waals surface area contributed by atoms with E-state index in [-0.39, 0.29) is 28.3 Å². The highest BCUT2D eigenvalue weighted by molar-refractivity contribution is 6.34. The minimum Gasteiger partial charge on any atom is -0.383 e. The molecular formula is C16H13ClF3N7O2. The molecule has 0 atom stereocenters. The fraction of sp³-hybridized carbons (Fsp3) is 0.188. The van der Waals surface area contributed by atoms with Crippen molar-refractivity contribution in [2.45, 2.75) is 6.18 Å². The number of nitrogens with two attached hydrogens (primary N) is 1. The maximum Gasteiger partial charge on any atom is 0.455 e. The summed E-state index contributed by atoms with van der Waals surface area (Å²) in [5, 5.41) is 5.90. The Morgan fingerprint density at radius 1 is 1.28 bits per heavy atom. The van der Waals surface area contributed by atoms with Crippen LogP contribution in [0.1, 0.15) is 16.2 Å². The molecule has 3 N–H and O–H groups in total. The first kappa shape index (κ1) is 20.3. The summed E-state index contributed by atoms with van der Waals surface area (Å²) in [6.45, 7) is 0. The van der Waals surface area contributed by atoms with Crippen molar-refractivity contribution in [3.8, 4) is 11.5 Å². The number of hydrogen-bond acceptors (Lipinski definition) is 8. The van der Waals surface area contributed by atoms with Gasteiger partial charge in [0.1, 0.15) is 11.4 Å². The second-order valence-electron chi connectivity index (χ2n) is 5.93. The molecule has 0 aliphatic carbocycles. The van der Waals surface area contributed by atoms with E-state index in [0.717, 1.165) is 6.20 Å². The molecule has 1 amide bonds. The van der Waals surface area contributed by atoms with Crippen LogP contribution in [-0.2, 0) is 6.18 Å². The lowest BCUT2D eigenvalue weighted by molar-refractivity contribution is -0.146. The summed E-state index contributed by atoms with van der Waals surface area (Å²) in [7, 11) is 3.20. The van der Waals surface area contributed by atoms with Gasteiger partial charge >= 0.3 is 6.18 Å². The van der Waals surface area contributed by atoms with Crippen LogP contribution in [0.2, 0.25) is 5.02 Å². The summed E-state index contributed by atoms with van der Waals surface area (Å²) in [6.07, 6.45) is -3.61. The molecule has 152 valence electrons. The number of carbonyl (C=O) groups is 1. The van der Waals surface area contributed by atoms with Gasteiger partial charge in [0.2, 0.25) is 5.95 Å². The lowest BCUT2D eigenvalue weighted by Crippen LogP contribution is -2.21. The molecule has 2 heterocycles. The highest BCUT2D eigenvalue weighted by Crippen LogP contribution is 2.30. The number of alkyl halides is 3. The second-order valence-corrected chi connectivity index (χ2v) is 6.34. The Morgan fingerprint density at radius 3 is 2.55 bits per heavy atom.